The zero-order chi connectivity index (χ0) is 23.9. The highest BCUT2D eigenvalue weighted by Crippen LogP contribution is 2.37. The number of alkyl halides is 3. The van der Waals surface area contributed by atoms with Gasteiger partial charge in [0.2, 0.25) is 15.9 Å². The van der Waals surface area contributed by atoms with Gasteiger partial charge in [-0.3, -0.25) is 9.10 Å². The normalized spacial score (nSPS) is 11.8. The number of carbonyl (C=O) groups is 1. The van der Waals surface area contributed by atoms with Crippen molar-refractivity contribution in [2.75, 3.05) is 30.3 Å². The van der Waals surface area contributed by atoms with Crippen molar-refractivity contribution in [2.24, 2.45) is 0 Å². The van der Waals surface area contributed by atoms with Crippen LogP contribution in [-0.4, -0.2) is 40.3 Å². The van der Waals surface area contributed by atoms with E-state index in [0.717, 1.165) is 16.6 Å². The summed E-state index contributed by atoms with van der Waals surface area (Å²) in [5, 5.41) is 2.53. The lowest BCUT2D eigenvalue weighted by atomic mass is 10.2. The summed E-state index contributed by atoms with van der Waals surface area (Å²) in [6.45, 7) is 0.198. The van der Waals surface area contributed by atoms with Crippen LogP contribution in [0.3, 0.4) is 0 Å². The molecule has 0 radical (unpaired) electrons. The van der Waals surface area contributed by atoms with Gasteiger partial charge < -0.3 is 10.1 Å². The predicted molar refractivity (Wildman–Crippen MR) is 118 cm³/mol. The molecule has 0 bridgehead atoms. The van der Waals surface area contributed by atoms with Gasteiger partial charge in [0.1, 0.15) is 12.4 Å². The van der Waals surface area contributed by atoms with Gasteiger partial charge in [0, 0.05) is 13.0 Å². The van der Waals surface area contributed by atoms with Crippen molar-refractivity contribution in [1.29, 1.82) is 0 Å². The van der Waals surface area contributed by atoms with Crippen LogP contribution in [-0.2, 0) is 21.0 Å². The molecule has 12 heteroatoms. The van der Waals surface area contributed by atoms with E-state index in [1.165, 1.54) is 6.07 Å². The van der Waals surface area contributed by atoms with Gasteiger partial charge in [0.15, 0.2) is 0 Å². The van der Waals surface area contributed by atoms with Crippen LogP contribution in [0.5, 0.6) is 5.75 Å². The van der Waals surface area contributed by atoms with Crippen LogP contribution in [0.4, 0.5) is 18.9 Å². The summed E-state index contributed by atoms with van der Waals surface area (Å²) < 4.78 is 69.8. The molecule has 0 saturated heterocycles. The highest BCUT2D eigenvalue weighted by Gasteiger charge is 2.34. The van der Waals surface area contributed by atoms with Gasteiger partial charge in [-0.05, 0) is 36.8 Å². The Morgan fingerprint density at radius 3 is 2.44 bits per heavy atom. The third kappa shape index (κ3) is 7.75. The van der Waals surface area contributed by atoms with Crippen molar-refractivity contribution in [1.82, 2.24) is 5.32 Å². The number of hydrogen-bond acceptors (Lipinski definition) is 4. The number of hydrogen-bond donors (Lipinski definition) is 1. The average molecular weight is 513 g/mol. The van der Waals surface area contributed by atoms with Crippen molar-refractivity contribution < 1.29 is 31.1 Å². The van der Waals surface area contributed by atoms with Gasteiger partial charge in [0.05, 0.1) is 34.1 Å². The van der Waals surface area contributed by atoms with Crippen LogP contribution in [0.25, 0.3) is 0 Å². The molecule has 0 heterocycles. The van der Waals surface area contributed by atoms with E-state index in [-0.39, 0.29) is 44.1 Å². The molecule has 32 heavy (non-hydrogen) atoms. The van der Waals surface area contributed by atoms with Crippen LogP contribution < -0.4 is 14.4 Å². The molecule has 2 aromatic carbocycles. The predicted octanol–water partition coefficient (Wildman–Crippen LogP) is 4.75. The van der Waals surface area contributed by atoms with E-state index in [1.54, 1.807) is 24.3 Å². The maximum Gasteiger partial charge on any atom is 0.417 e. The molecule has 0 unspecified atom stereocenters. The second-order valence-electron chi connectivity index (χ2n) is 6.73. The number of ether oxygens (including phenoxy) is 1. The first-order chi connectivity index (χ1) is 14.9. The van der Waals surface area contributed by atoms with Gasteiger partial charge in [-0.2, -0.15) is 13.2 Å². The maximum absolute atomic E-state index is 13.1. The molecule has 0 aromatic heterocycles. The fraction of sp³-hybridized carbons (Fsp3) is 0.350. The molecule has 0 saturated carbocycles. The summed E-state index contributed by atoms with van der Waals surface area (Å²) in [6.07, 6.45) is -3.80. The van der Waals surface area contributed by atoms with Gasteiger partial charge >= 0.3 is 6.18 Å². The molecule has 0 aliphatic heterocycles. The van der Waals surface area contributed by atoms with Crippen molar-refractivity contribution in [3.05, 3.63) is 58.1 Å². The van der Waals surface area contributed by atoms with E-state index in [9.17, 15) is 26.4 Å². The van der Waals surface area contributed by atoms with Crippen molar-refractivity contribution in [2.45, 2.75) is 19.0 Å². The fourth-order valence-electron chi connectivity index (χ4n) is 2.76. The first kappa shape index (κ1) is 26.1. The largest absolute Gasteiger partial charge is 0.490 e. The lowest BCUT2D eigenvalue weighted by molar-refractivity contribution is -0.137. The molecule has 0 spiro atoms. The van der Waals surface area contributed by atoms with Crippen molar-refractivity contribution >= 4 is 44.8 Å². The number of halogens is 5. The summed E-state index contributed by atoms with van der Waals surface area (Å²) in [6, 6.07) is 9.71. The average Bonchev–Trinajstić information content (AvgIpc) is 2.69. The van der Waals surface area contributed by atoms with Crippen molar-refractivity contribution in [3.8, 4) is 5.75 Å². The molecule has 0 fully saturated rings. The van der Waals surface area contributed by atoms with Crippen LogP contribution in [0.15, 0.2) is 42.5 Å². The Labute approximate surface area is 194 Å². The van der Waals surface area contributed by atoms with Crippen LogP contribution in [0, 0.1) is 0 Å². The van der Waals surface area contributed by atoms with Gasteiger partial charge in [0.25, 0.3) is 0 Å². The molecule has 1 amide bonds. The minimum Gasteiger partial charge on any atom is -0.490 e. The smallest absolute Gasteiger partial charge is 0.417 e. The molecule has 0 aliphatic carbocycles. The molecule has 1 N–H and O–H groups in total. The zero-order valence-corrected chi connectivity index (χ0v) is 19.3. The summed E-state index contributed by atoms with van der Waals surface area (Å²) in [5.74, 6) is 0.127. The minimum atomic E-state index is -4.73. The number of nitrogens with zero attached hydrogens (tertiary/aromatic N) is 1. The van der Waals surface area contributed by atoms with Crippen LogP contribution in [0.2, 0.25) is 10.0 Å². The SMILES string of the molecule is CS(=O)(=O)N(CCCC(=O)NCCOc1ccccc1Cl)c1ccc(Cl)c(C(F)(F)F)c1. The first-order valence-electron chi connectivity index (χ1n) is 9.38. The summed E-state index contributed by atoms with van der Waals surface area (Å²) in [5.41, 5.74) is -1.32. The third-order valence-corrected chi connectivity index (χ3v) is 6.06. The number of carbonyl (C=O) groups excluding carboxylic acids is 1. The molecule has 2 rings (SSSR count). The van der Waals surface area contributed by atoms with E-state index >= 15 is 0 Å². The Hall–Kier alpha value is -2.17. The second kappa shape index (κ2) is 11.1. The Bertz CT molecular complexity index is 1050. The molecule has 2 aromatic rings. The first-order valence-corrected chi connectivity index (χ1v) is 12.0. The lowest BCUT2D eigenvalue weighted by Crippen LogP contribution is -2.33. The van der Waals surface area contributed by atoms with Gasteiger partial charge in [-0.1, -0.05) is 35.3 Å². The number of benzene rings is 2. The minimum absolute atomic E-state index is 0.0299. The number of nitrogens with one attached hydrogen (secondary N) is 1. The van der Waals surface area contributed by atoms with Gasteiger partial charge in [-0.25, -0.2) is 8.42 Å². The number of para-hydroxylation sites is 1. The lowest BCUT2D eigenvalue weighted by Gasteiger charge is -2.23. The maximum atomic E-state index is 13.1. The van der Waals surface area contributed by atoms with E-state index in [2.05, 4.69) is 5.32 Å². The Morgan fingerprint density at radius 1 is 1.12 bits per heavy atom. The number of anilines is 1. The van der Waals surface area contributed by atoms with E-state index in [0.29, 0.717) is 16.8 Å². The fourth-order valence-corrected chi connectivity index (χ4v) is 4.13. The second-order valence-corrected chi connectivity index (χ2v) is 9.45. The molecule has 0 aliphatic rings. The topological polar surface area (TPSA) is 75.7 Å². The zero-order valence-electron chi connectivity index (χ0n) is 17.0. The van der Waals surface area contributed by atoms with Gasteiger partial charge in [-0.15, -0.1) is 0 Å². The number of sulfonamides is 1. The highest BCUT2D eigenvalue weighted by molar-refractivity contribution is 7.92. The molecule has 176 valence electrons. The van der Waals surface area contributed by atoms with Crippen LogP contribution in [0.1, 0.15) is 18.4 Å². The number of amides is 1. The molecule has 6 nitrogen and oxygen atoms in total. The highest BCUT2D eigenvalue weighted by atomic mass is 35.5. The molecule has 0 atom stereocenters. The standard InChI is InChI=1S/C20H21Cl2F3N2O4S/c1-32(29,30)27(14-8-9-16(21)15(13-14)20(23,24)25)11-4-7-19(28)26-10-12-31-18-6-3-2-5-17(18)22/h2-3,5-6,8-9,13H,4,7,10-12H2,1H3,(H,26,28). The summed E-state index contributed by atoms with van der Waals surface area (Å²) in [4.78, 5) is 12.0. The van der Waals surface area contributed by atoms with E-state index in [1.807, 2.05) is 0 Å². The number of rotatable bonds is 10. The van der Waals surface area contributed by atoms with E-state index < -0.39 is 26.8 Å². The Kier molecular flexibility index (Phi) is 9.06. The molecular formula is C20H21Cl2F3N2O4S. The molecular weight excluding hydrogens is 492 g/mol. The van der Waals surface area contributed by atoms with Crippen LogP contribution >= 0.6 is 23.2 Å². The monoisotopic (exact) mass is 512 g/mol. The Morgan fingerprint density at radius 2 is 1.81 bits per heavy atom. The van der Waals surface area contributed by atoms with Crippen molar-refractivity contribution in [3.63, 3.8) is 0 Å². The van der Waals surface area contributed by atoms with E-state index in [4.69, 9.17) is 27.9 Å². The Balaban J connectivity index is 1.89. The summed E-state index contributed by atoms with van der Waals surface area (Å²) >= 11 is 11.6. The quantitative estimate of drug-likeness (QED) is 0.466. The third-order valence-electron chi connectivity index (χ3n) is 4.23. The summed E-state index contributed by atoms with van der Waals surface area (Å²) in [7, 11) is -3.89.